The summed E-state index contributed by atoms with van der Waals surface area (Å²) in [5.41, 5.74) is 0.976. The van der Waals surface area contributed by atoms with E-state index in [1.165, 1.54) is 0 Å². The molecule has 17 heavy (non-hydrogen) atoms. The number of halogens is 1. The van der Waals surface area contributed by atoms with Gasteiger partial charge >= 0.3 is 5.97 Å². The van der Waals surface area contributed by atoms with Crippen molar-refractivity contribution in [3.63, 3.8) is 0 Å². The van der Waals surface area contributed by atoms with Gasteiger partial charge in [-0.05, 0) is 6.07 Å². The lowest BCUT2D eigenvalue weighted by atomic mass is 10.1. The van der Waals surface area contributed by atoms with Crippen LogP contribution in [0.1, 0.15) is 10.6 Å². The second kappa shape index (κ2) is 4.58. The number of carboxylic acid groups (broad SMARTS) is 1. The van der Waals surface area contributed by atoms with Crippen LogP contribution in [0, 0.1) is 0 Å². The molecule has 1 aromatic carbocycles. The highest BCUT2D eigenvalue weighted by Crippen LogP contribution is 2.31. The van der Waals surface area contributed by atoms with Crippen LogP contribution in [-0.4, -0.2) is 23.1 Å². The predicted molar refractivity (Wildman–Crippen MR) is 66.1 cm³/mol. The van der Waals surface area contributed by atoms with Crippen molar-refractivity contribution in [2.24, 2.45) is 0 Å². The van der Waals surface area contributed by atoms with Gasteiger partial charge < -0.3 is 14.8 Å². The third kappa shape index (κ3) is 2.16. The Hall–Kier alpha value is -1.82. The fourth-order valence-electron chi connectivity index (χ4n) is 1.41. The summed E-state index contributed by atoms with van der Waals surface area (Å²) >= 11 is 3.35. The summed E-state index contributed by atoms with van der Waals surface area (Å²) in [5.74, 6) is -1.33. The topological polar surface area (TPSA) is 75.4 Å². The molecular weight excluding hydrogens is 288 g/mol. The summed E-state index contributed by atoms with van der Waals surface area (Å²) in [6.07, 6.45) is 0. The Bertz CT molecular complexity index is 566. The number of nitrogens with zero attached hydrogens (tertiary/aromatic N) is 1. The molecule has 0 spiro atoms. The molecule has 0 aliphatic heterocycles. The van der Waals surface area contributed by atoms with Gasteiger partial charge in [0.05, 0.1) is 0 Å². The SMILES string of the molecule is CNc1nc(-c2ccccc2Br)c(C(=O)O)o1. The zero-order valence-electron chi connectivity index (χ0n) is 8.90. The van der Waals surface area contributed by atoms with E-state index >= 15 is 0 Å². The first kappa shape index (κ1) is 11.7. The van der Waals surface area contributed by atoms with Crippen molar-refractivity contribution in [3.8, 4) is 11.3 Å². The molecule has 0 atom stereocenters. The minimum atomic E-state index is -1.15. The van der Waals surface area contributed by atoms with Crippen LogP contribution in [0.25, 0.3) is 11.3 Å². The number of anilines is 1. The predicted octanol–water partition coefficient (Wildman–Crippen LogP) is 2.84. The van der Waals surface area contributed by atoms with Crippen LogP contribution in [0.5, 0.6) is 0 Å². The fraction of sp³-hybridized carbons (Fsp3) is 0.0909. The Kier molecular flexibility index (Phi) is 3.14. The molecule has 6 heteroatoms. The number of oxazole rings is 1. The summed E-state index contributed by atoms with van der Waals surface area (Å²) in [6, 6.07) is 7.41. The standard InChI is InChI=1S/C11H9BrN2O3/c1-13-11-14-8(9(17-11)10(15)16)6-4-2-3-5-7(6)12/h2-5H,1H3,(H,13,14)(H,15,16). The van der Waals surface area contributed by atoms with E-state index in [2.05, 4.69) is 26.2 Å². The molecular formula is C11H9BrN2O3. The fourth-order valence-corrected chi connectivity index (χ4v) is 1.88. The number of carbonyl (C=O) groups is 1. The van der Waals surface area contributed by atoms with E-state index in [0.29, 0.717) is 11.3 Å². The average Bonchev–Trinajstić information content (AvgIpc) is 2.73. The highest BCUT2D eigenvalue weighted by atomic mass is 79.9. The van der Waals surface area contributed by atoms with Crippen molar-refractivity contribution in [1.29, 1.82) is 0 Å². The van der Waals surface area contributed by atoms with Gasteiger partial charge in [-0.2, -0.15) is 4.98 Å². The molecule has 0 saturated carbocycles. The number of hydrogen-bond acceptors (Lipinski definition) is 4. The normalized spacial score (nSPS) is 10.2. The van der Waals surface area contributed by atoms with E-state index < -0.39 is 5.97 Å². The first-order chi connectivity index (χ1) is 8.13. The molecule has 0 unspecified atom stereocenters. The third-order valence-corrected chi connectivity index (χ3v) is 2.86. The second-order valence-corrected chi connectivity index (χ2v) is 4.09. The molecule has 0 amide bonds. The third-order valence-electron chi connectivity index (χ3n) is 2.16. The van der Waals surface area contributed by atoms with Crippen molar-refractivity contribution < 1.29 is 14.3 Å². The molecule has 0 saturated heterocycles. The van der Waals surface area contributed by atoms with Crippen LogP contribution >= 0.6 is 15.9 Å². The van der Waals surface area contributed by atoms with Crippen molar-refractivity contribution in [1.82, 2.24) is 4.98 Å². The van der Waals surface area contributed by atoms with Crippen LogP contribution in [-0.2, 0) is 0 Å². The van der Waals surface area contributed by atoms with E-state index in [0.717, 1.165) is 4.47 Å². The Balaban J connectivity index is 2.62. The average molecular weight is 297 g/mol. The van der Waals surface area contributed by atoms with E-state index in [1.807, 2.05) is 12.1 Å². The van der Waals surface area contributed by atoms with Crippen LogP contribution in [0.4, 0.5) is 6.01 Å². The van der Waals surface area contributed by atoms with Crippen LogP contribution in [0.3, 0.4) is 0 Å². The van der Waals surface area contributed by atoms with Crippen molar-refractivity contribution in [2.45, 2.75) is 0 Å². The van der Waals surface area contributed by atoms with Crippen molar-refractivity contribution in [3.05, 3.63) is 34.5 Å². The van der Waals surface area contributed by atoms with Gasteiger partial charge in [-0.3, -0.25) is 0 Å². The molecule has 0 bridgehead atoms. The zero-order valence-corrected chi connectivity index (χ0v) is 10.5. The number of aromatic carboxylic acids is 1. The maximum Gasteiger partial charge on any atom is 0.374 e. The van der Waals surface area contributed by atoms with E-state index in [4.69, 9.17) is 9.52 Å². The van der Waals surface area contributed by atoms with Crippen LogP contribution < -0.4 is 5.32 Å². The van der Waals surface area contributed by atoms with Crippen molar-refractivity contribution in [2.75, 3.05) is 12.4 Å². The molecule has 0 radical (unpaired) electrons. The molecule has 5 nitrogen and oxygen atoms in total. The van der Waals surface area contributed by atoms with Gasteiger partial charge in [-0.1, -0.05) is 34.1 Å². The molecule has 88 valence electrons. The molecule has 1 aromatic heterocycles. The quantitative estimate of drug-likeness (QED) is 0.911. The lowest BCUT2D eigenvalue weighted by Crippen LogP contribution is -1.96. The zero-order chi connectivity index (χ0) is 12.4. The number of nitrogens with one attached hydrogen (secondary N) is 1. The number of carboxylic acids is 1. The monoisotopic (exact) mass is 296 g/mol. The van der Waals surface area contributed by atoms with E-state index in [1.54, 1.807) is 19.2 Å². The van der Waals surface area contributed by atoms with Gasteiger partial charge in [0.25, 0.3) is 6.01 Å². The Morgan fingerprint density at radius 1 is 1.47 bits per heavy atom. The van der Waals surface area contributed by atoms with E-state index in [9.17, 15) is 4.79 Å². The summed E-state index contributed by atoms with van der Waals surface area (Å²) in [7, 11) is 1.61. The molecule has 0 aliphatic rings. The Morgan fingerprint density at radius 2 is 2.18 bits per heavy atom. The van der Waals surface area contributed by atoms with Crippen molar-refractivity contribution >= 4 is 27.9 Å². The first-order valence-electron chi connectivity index (χ1n) is 4.80. The number of hydrogen-bond donors (Lipinski definition) is 2. The molecule has 2 rings (SSSR count). The minimum absolute atomic E-state index is 0.174. The molecule has 1 heterocycles. The van der Waals surface area contributed by atoms with Gasteiger partial charge in [0, 0.05) is 17.1 Å². The van der Waals surface area contributed by atoms with E-state index in [-0.39, 0.29) is 11.8 Å². The van der Waals surface area contributed by atoms with Gasteiger partial charge in [0.15, 0.2) is 0 Å². The summed E-state index contributed by atoms with van der Waals surface area (Å²) in [4.78, 5) is 15.2. The number of benzene rings is 1. The van der Waals surface area contributed by atoms with Gasteiger partial charge in [-0.25, -0.2) is 4.79 Å². The summed E-state index contributed by atoms with van der Waals surface area (Å²) < 4.78 is 5.85. The number of aromatic nitrogens is 1. The lowest BCUT2D eigenvalue weighted by Gasteiger charge is -2.00. The molecule has 0 fully saturated rings. The van der Waals surface area contributed by atoms with Gasteiger partial charge in [0.2, 0.25) is 5.76 Å². The Labute approximate surface area is 106 Å². The molecule has 0 aliphatic carbocycles. The largest absolute Gasteiger partial charge is 0.475 e. The highest BCUT2D eigenvalue weighted by Gasteiger charge is 2.21. The second-order valence-electron chi connectivity index (χ2n) is 3.23. The Morgan fingerprint density at radius 3 is 2.76 bits per heavy atom. The molecule has 2 N–H and O–H groups in total. The summed E-state index contributed by atoms with van der Waals surface area (Å²) in [5, 5.41) is 11.7. The minimum Gasteiger partial charge on any atom is -0.475 e. The highest BCUT2D eigenvalue weighted by molar-refractivity contribution is 9.10. The van der Waals surface area contributed by atoms with Crippen LogP contribution in [0.15, 0.2) is 33.2 Å². The smallest absolute Gasteiger partial charge is 0.374 e. The van der Waals surface area contributed by atoms with Gasteiger partial charge in [0.1, 0.15) is 5.69 Å². The maximum atomic E-state index is 11.1. The lowest BCUT2D eigenvalue weighted by molar-refractivity contribution is 0.0665. The number of rotatable bonds is 3. The maximum absolute atomic E-state index is 11.1. The summed E-state index contributed by atoms with van der Waals surface area (Å²) in [6.45, 7) is 0. The first-order valence-corrected chi connectivity index (χ1v) is 5.59. The molecule has 2 aromatic rings. The van der Waals surface area contributed by atoms with Gasteiger partial charge in [-0.15, -0.1) is 0 Å². The van der Waals surface area contributed by atoms with Crippen LogP contribution in [0.2, 0.25) is 0 Å².